The van der Waals surface area contributed by atoms with E-state index < -0.39 is 0 Å². The van der Waals surface area contributed by atoms with Crippen LogP contribution in [0.2, 0.25) is 0 Å². The van der Waals surface area contributed by atoms with Crippen LogP contribution in [0.4, 0.5) is 4.39 Å². The average molecular weight is 146 g/mol. The highest BCUT2D eigenvalue weighted by Crippen LogP contribution is 2.44. The summed E-state index contributed by atoms with van der Waals surface area (Å²) in [5, 5.41) is 0. The molecule has 0 aromatic carbocycles. The first-order chi connectivity index (χ1) is 4.52. The van der Waals surface area contributed by atoms with Crippen LogP contribution in [0.25, 0.3) is 0 Å². The standard InChI is InChI=1S/C8H15FO/c1-7(2,3)8(4-9)5-10-6-8/h4-6H2,1-3H3. The largest absolute Gasteiger partial charge is 0.380 e. The van der Waals surface area contributed by atoms with E-state index in [1.54, 1.807) is 0 Å². The minimum atomic E-state index is -0.253. The zero-order valence-corrected chi connectivity index (χ0v) is 6.91. The maximum Gasteiger partial charge on any atom is 0.0999 e. The van der Waals surface area contributed by atoms with E-state index in [1.807, 2.05) is 0 Å². The van der Waals surface area contributed by atoms with Gasteiger partial charge in [0.15, 0.2) is 0 Å². The summed E-state index contributed by atoms with van der Waals surface area (Å²) in [5.74, 6) is 0. The third-order valence-electron chi connectivity index (χ3n) is 2.60. The first kappa shape index (κ1) is 7.99. The molecule has 0 aliphatic carbocycles. The molecule has 0 saturated carbocycles. The molecule has 1 fully saturated rings. The molecule has 0 unspecified atom stereocenters. The normalized spacial score (nSPS) is 24.0. The average Bonchev–Trinajstić information content (AvgIpc) is 1.58. The van der Waals surface area contributed by atoms with Crippen molar-refractivity contribution in [3.63, 3.8) is 0 Å². The first-order valence-corrected chi connectivity index (χ1v) is 3.66. The molecule has 0 aromatic heterocycles. The van der Waals surface area contributed by atoms with E-state index in [2.05, 4.69) is 20.8 Å². The second-order valence-electron chi connectivity index (χ2n) is 4.16. The molecule has 1 aliphatic rings. The molecule has 2 heteroatoms. The Hall–Kier alpha value is -0.110. The molecule has 0 bridgehead atoms. The number of ether oxygens (including phenoxy) is 1. The van der Waals surface area contributed by atoms with Crippen molar-refractivity contribution in [3.8, 4) is 0 Å². The predicted octanol–water partition coefficient (Wildman–Crippen LogP) is 2.02. The van der Waals surface area contributed by atoms with Gasteiger partial charge in [0.25, 0.3) is 0 Å². The molecule has 1 nitrogen and oxygen atoms in total. The van der Waals surface area contributed by atoms with Gasteiger partial charge in [-0.25, -0.2) is 0 Å². The number of hydrogen-bond donors (Lipinski definition) is 0. The van der Waals surface area contributed by atoms with E-state index in [0.717, 1.165) is 0 Å². The summed E-state index contributed by atoms with van der Waals surface area (Å²) in [5.41, 5.74) is -0.146. The Morgan fingerprint density at radius 2 is 1.90 bits per heavy atom. The van der Waals surface area contributed by atoms with Gasteiger partial charge in [0.2, 0.25) is 0 Å². The molecule has 0 spiro atoms. The zero-order valence-electron chi connectivity index (χ0n) is 6.91. The van der Waals surface area contributed by atoms with Crippen molar-refractivity contribution in [2.45, 2.75) is 20.8 Å². The van der Waals surface area contributed by atoms with E-state index in [-0.39, 0.29) is 17.5 Å². The Kier molecular flexibility index (Phi) is 1.75. The van der Waals surface area contributed by atoms with Gasteiger partial charge in [0.05, 0.1) is 25.3 Å². The van der Waals surface area contributed by atoms with Gasteiger partial charge in [-0.2, -0.15) is 0 Å². The summed E-state index contributed by atoms with van der Waals surface area (Å²) < 4.78 is 17.5. The summed E-state index contributed by atoms with van der Waals surface area (Å²) >= 11 is 0. The third-order valence-corrected chi connectivity index (χ3v) is 2.60. The van der Waals surface area contributed by atoms with E-state index in [4.69, 9.17) is 4.74 Å². The van der Waals surface area contributed by atoms with Crippen LogP contribution in [-0.2, 0) is 4.74 Å². The third kappa shape index (κ3) is 0.947. The van der Waals surface area contributed by atoms with Crippen LogP contribution in [0, 0.1) is 10.8 Å². The van der Waals surface area contributed by atoms with Gasteiger partial charge in [0, 0.05) is 0 Å². The van der Waals surface area contributed by atoms with Crippen LogP contribution in [0.3, 0.4) is 0 Å². The fraction of sp³-hybridized carbons (Fsp3) is 1.00. The van der Waals surface area contributed by atoms with Gasteiger partial charge >= 0.3 is 0 Å². The van der Waals surface area contributed by atoms with Crippen LogP contribution < -0.4 is 0 Å². The highest BCUT2D eigenvalue weighted by atomic mass is 19.1. The summed E-state index contributed by atoms with van der Waals surface area (Å²) in [7, 11) is 0. The van der Waals surface area contributed by atoms with Gasteiger partial charge in [-0.05, 0) is 5.41 Å². The van der Waals surface area contributed by atoms with Crippen molar-refractivity contribution in [1.29, 1.82) is 0 Å². The van der Waals surface area contributed by atoms with E-state index in [0.29, 0.717) is 13.2 Å². The van der Waals surface area contributed by atoms with Crippen molar-refractivity contribution in [2.24, 2.45) is 10.8 Å². The maximum atomic E-state index is 12.5. The molecular weight excluding hydrogens is 131 g/mol. The topological polar surface area (TPSA) is 9.23 Å². The Balaban J connectivity index is 2.65. The SMILES string of the molecule is CC(C)(C)C1(CF)COC1. The number of rotatable bonds is 1. The molecule has 0 atom stereocenters. The van der Waals surface area contributed by atoms with Crippen molar-refractivity contribution in [3.05, 3.63) is 0 Å². The van der Waals surface area contributed by atoms with Crippen LogP contribution in [0.15, 0.2) is 0 Å². The lowest BCUT2D eigenvalue weighted by Crippen LogP contribution is -2.53. The van der Waals surface area contributed by atoms with E-state index >= 15 is 0 Å². The molecule has 60 valence electrons. The Labute approximate surface area is 61.6 Å². The number of hydrogen-bond acceptors (Lipinski definition) is 1. The lowest BCUT2D eigenvalue weighted by molar-refractivity contribution is -0.178. The highest BCUT2D eigenvalue weighted by molar-refractivity contribution is 4.94. The Morgan fingerprint density at radius 1 is 1.40 bits per heavy atom. The molecule has 0 N–H and O–H groups in total. The summed E-state index contributed by atoms with van der Waals surface area (Å²) in [6.45, 7) is 7.12. The van der Waals surface area contributed by atoms with E-state index in [9.17, 15) is 4.39 Å². The van der Waals surface area contributed by atoms with Gasteiger partial charge in [-0.3, -0.25) is 4.39 Å². The molecule has 1 heterocycles. The van der Waals surface area contributed by atoms with Gasteiger partial charge in [-0.1, -0.05) is 20.8 Å². The quantitative estimate of drug-likeness (QED) is 0.550. The minimum absolute atomic E-state index is 0.0417. The van der Waals surface area contributed by atoms with Gasteiger partial charge in [0.1, 0.15) is 0 Å². The van der Waals surface area contributed by atoms with Crippen molar-refractivity contribution in [1.82, 2.24) is 0 Å². The highest BCUT2D eigenvalue weighted by Gasteiger charge is 2.48. The summed E-state index contributed by atoms with van der Waals surface area (Å²) in [6.07, 6.45) is 0. The molecule has 1 rings (SSSR count). The monoisotopic (exact) mass is 146 g/mol. The minimum Gasteiger partial charge on any atom is -0.380 e. The molecular formula is C8H15FO. The first-order valence-electron chi connectivity index (χ1n) is 3.66. The summed E-state index contributed by atoms with van der Waals surface area (Å²) in [6, 6.07) is 0. The summed E-state index contributed by atoms with van der Waals surface area (Å²) in [4.78, 5) is 0. The van der Waals surface area contributed by atoms with Crippen LogP contribution in [-0.4, -0.2) is 19.9 Å². The Bertz CT molecular complexity index is 116. The number of halogens is 1. The molecule has 0 aromatic rings. The second-order valence-corrected chi connectivity index (χ2v) is 4.16. The molecule has 1 saturated heterocycles. The van der Waals surface area contributed by atoms with Crippen molar-refractivity contribution in [2.75, 3.05) is 19.9 Å². The molecule has 1 aliphatic heterocycles. The second kappa shape index (κ2) is 2.19. The smallest absolute Gasteiger partial charge is 0.0999 e. The van der Waals surface area contributed by atoms with Gasteiger partial charge in [-0.15, -0.1) is 0 Å². The maximum absolute atomic E-state index is 12.5. The van der Waals surface area contributed by atoms with Crippen LogP contribution >= 0.6 is 0 Å². The molecule has 10 heavy (non-hydrogen) atoms. The molecule has 0 amide bonds. The number of alkyl halides is 1. The fourth-order valence-electron chi connectivity index (χ4n) is 1.06. The zero-order chi connectivity index (χ0) is 7.83. The predicted molar refractivity (Wildman–Crippen MR) is 38.7 cm³/mol. The fourth-order valence-corrected chi connectivity index (χ4v) is 1.06. The van der Waals surface area contributed by atoms with Crippen LogP contribution in [0.1, 0.15) is 20.8 Å². The van der Waals surface area contributed by atoms with Gasteiger partial charge < -0.3 is 4.74 Å². The molecule has 0 radical (unpaired) electrons. The van der Waals surface area contributed by atoms with Crippen LogP contribution in [0.5, 0.6) is 0 Å². The van der Waals surface area contributed by atoms with Crippen molar-refractivity contribution >= 4 is 0 Å². The lowest BCUT2D eigenvalue weighted by Gasteiger charge is -2.49. The lowest BCUT2D eigenvalue weighted by atomic mass is 9.66. The van der Waals surface area contributed by atoms with E-state index in [1.165, 1.54) is 0 Å². The van der Waals surface area contributed by atoms with Crippen molar-refractivity contribution < 1.29 is 9.13 Å². The Morgan fingerprint density at radius 3 is 1.90 bits per heavy atom.